The van der Waals surface area contributed by atoms with Gasteiger partial charge in [-0.1, -0.05) is 36.4 Å². The number of nitrogens with zero attached hydrogens (tertiary/aromatic N) is 3. The Bertz CT molecular complexity index is 814. The van der Waals surface area contributed by atoms with Crippen LogP contribution in [0.15, 0.2) is 48.5 Å². The fourth-order valence-corrected chi connectivity index (χ4v) is 2.62. The van der Waals surface area contributed by atoms with E-state index < -0.39 is 0 Å². The van der Waals surface area contributed by atoms with Gasteiger partial charge in [-0.2, -0.15) is 10.5 Å². The molecule has 2 rings (SSSR count). The predicted molar refractivity (Wildman–Crippen MR) is 92.9 cm³/mol. The zero-order valence-electron chi connectivity index (χ0n) is 13.9. The summed E-state index contributed by atoms with van der Waals surface area (Å²) in [5.74, 6) is -0.351. The van der Waals surface area contributed by atoms with E-state index in [-0.39, 0.29) is 11.8 Å². The molecule has 0 aliphatic rings. The van der Waals surface area contributed by atoms with E-state index in [1.54, 1.807) is 30.0 Å². The summed E-state index contributed by atoms with van der Waals surface area (Å²) >= 11 is 0. The summed E-state index contributed by atoms with van der Waals surface area (Å²) in [5, 5.41) is 18.3. The largest absolute Gasteiger partial charge is 0.338 e. The predicted octanol–water partition coefficient (Wildman–Crippen LogP) is 3.85. The van der Waals surface area contributed by atoms with Crippen LogP contribution in [0.2, 0.25) is 0 Å². The molecule has 0 spiro atoms. The molecule has 1 unspecified atom stereocenters. The van der Waals surface area contributed by atoms with E-state index in [1.807, 2.05) is 37.3 Å². The summed E-state index contributed by atoms with van der Waals surface area (Å²) in [4.78, 5) is 14.6. The van der Waals surface area contributed by atoms with E-state index in [2.05, 4.69) is 12.1 Å². The van der Waals surface area contributed by atoms with E-state index in [0.717, 1.165) is 11.1 Å². The highest BCUT2D eigenvalue weighted by Crippen LogP contribution is 2.27. The van der Waals surface area contributed by atoms with Crippen molar-refractivity contribution in [1.29, 1.82) is 10.5 Å². The maximum atomic E-state index is 13.0. The molecule has 0 N–H and O–H groups in total. The Kier molecular flexibility index (Phi) is 5.71. The summed E-state index contributed by atoms with van der Waals surface area (Å²) in [5.41, 5.74) is 2.56. The second kappa shape index (κ2) is 7.94. The van der Waals surface area contributed by atoms with Crippen LogP contribution in [0.25, 0.3) is 11.1 Å². The number of hydrogen-bond donors (Lipinski definition) is 0. The number of amides is 1. The van der Waals surface area contributed by atoms with E-state index >= 15 is 0 Å². The molecule has 2 aromatic rings. The summed E-state index contributed by atoms with van der Waals surface area (Å²) in [6, 6.07) is 18.9. The average Bonchev–Trinajstić information content (AvgIpc) is 2.65. The Balaban J connectivity index is 2.47. The van der Waals surface area contributed by atoms with Crippen molar-refractivity contribution in [2.24, 2.45) is 5.92 Å². The Morgan fingerprint density at radius 1 is 1.08 bits per heavy atom. The first-order valence-electron chi connectivity index (χ1n) is 7.89. The fraction of sp³-hybridized carbons (Fsp3) is 0.250. The van der Waals surface area contributed by atoms with E-state index in [9.17, 15) is 10.1 Å². The first-order valence-corrected chi connectivity index (χ1v) is 7.89. The van der Waals surface area contributed by atoms with Gasteiger partial charge in [0.1, 0.15) is 0 Å². The van der Waals surface area contributed by atoms with Gasteiger partial charge in [-0.3, -0.25) is 4.79 Å². The Morgan fingerprint density at radius 3 is 2.33 bits per heavy atom. The first-order chi connectivity index (χ1) is 11.6. The van der Waals surface area contributed by atoms with Crippen LogP contribution in [0, 0.1) is 28.6 Å². The molecule has 0 saturated carbocycles. The number of nitriles is 2. The van der Waals surface area contributed by atoms with Crippen molar-refractivity contribution in [2.75, 3.05) is 13.1 Å². The summed E-state index contributed by atoms with van der Waals surface area (Å²) in [7, 11) is 0. The van der Waals surface area contributed by atoms with Crippen molar-refractivity contribution >= 4 is 5.91 Å². The third kappa shape index (κ3) is 3.62. The SMILES string of the molecule is CCN(CC(C)C#N)C(=O)c1ccccc1-c1ccccc1C#N. The van der Waals surface area contributed by atoms with Crippen molar-refractivity contribution in [3.63, 3.8) is 0 Å². The van der Waals surface area contributed by atoms with Gasteiger partial charge in [-0.15, -0.1) is 0 Å². The third-order valence-electron chi connectivity index (χ3n) is 3.88. The van der Waals surface area contributed by atoms with Gasteiger partial charge in [0.25, 0.3) is 5.91 Å². The quantitative estimate of drug-likeness (QED) is 0.841. The van der Waals surface area contributed by atoms with Crippen LogP contribution in [-0.2, 0) is 0 Å². The molecule has 0 saturated heterocycles. The molecule has 0 bridgehead atoms. The Hall–Kier alpha value is -3.11. The molecule has 0 radical (unpaired) electrons. The molecular formula is C20H19N3O. The molecule has 4 heteroatoms. The molecule has 0 fully saturated rings. The first kappa shape index (κ1) is 17.2. The summed E-state index contributed by atoms with van der Waals surface area (Å²) in [6.45, 7) is 4.61. The molecule has 0 aliphatic heterocycles. The number of carbonyl (C=O) groups is 1. The number of hydrogen-bond acceptors (Lipinski definition) is 3. The topological polar surface area (TPSA) is 67.9 Å². The molecule has 0 aromatic heterocycles. The molecule has 0 aliphatic carbocycles. The Labute approximate surface area is 142 Å². The van der Waals surface area contributed by atoms with Crippen LogP contribution in [0.1, 0.15) is 29.8 Å². The van der Waals surface area contributed by atoms with Gasteiger partial charge in [-0.25, -0.2) is 0 Å². The van der Waals surface area contributed by atoms with E-state index in [1.165, 1.54) is 0 Å². The lowest BCUT2D eigenvalue weighted by Crippen LogP contribution is -2.34. The van der Waals surface area contributed by atoms with Gasteiger partial charge in [0.05, 0.1) is 23.6 Å². The van der Waals surface area contributed by atoms with Gasteiger partial charge >= 0.3 is 0 Å². The molecule has 1 amide bonds. The van der Waals surface area contributed by atoms with Gasteiger partial charge in [0, 0.05) is 24.2 Å². The summed E-state index contributed by atoms with van der Waals surface area (Å²) < 4.78 is 0. The van der Waals surface area contributed by atoms with Crippen LogP contribution in [0.3, 0.4) is 0 Å². The van der Waals surface area contributed by atoms with E-state index in [0.29, 0.717) is 24.2 Å². The highest BCUT2D eigenvalue weighted by molar-refractivity contribution is 6.01. The van der Waals surface area contributed by atoms with Crippen LogP contribution in [-0.4, -0.2) is 23.9 Å². The second-order valence-electron chi connectivity index (χ2n) is 5.58. The van der Waals surface area contributed by atoms with Crippen molar-refractivity contribution in [2.45, 2.75) is 13.8 Å². The van der Waals surface area contributed by atoms with Gasteiger partial charge in [-0.05, 0) is 31.5 Å². The van der Waals surface area contributed by atoms with Crippen molar-refractivity contribution in [1.82, 2.24) is 4.90 Å². The zero-order valence-corrected chi connectivity index (χ0v) is 13.9. The molecule has 4 nitrogen and oxygen atoms in total. The van der Waals surface area contributed by atoms with Crippen LogP contribution < -0.4 is 0 Å². The summed E-state index contributed by atoms with van der Waals surface area (Å²) in [6.07, 6.45) is 0. The second-order valence-corrected chi connectivity index (χ2v) is 5.58. The van der Waals surface area contributed by atoms with Gasteiger partial charge < -0.3 is 4.90 Å². The maximum Gasteiger partial charge on any atom is 0.254 e. The average molecular weight is 317 g/mol. The van der Waals surface area contributed by atoms with Crippen LogP contribution in [0.5, 0.6) is 0 Å². The monoisotopic (exact) mass is 317 g/mol. The van der Waals surface area contributed by atoms with Gasteiger partial charge in [0.15, 0.2) is 0 Å². The highest BCUT2D eigenvalue weighted by atomic mass is 16.2. The van der Waals surface area contributed by atoms with Crippen molar-refractivity contribution in [3.05, 3.63) is 59.7 Å². The van der Waals surface area contributed by atoms with Crippen molar-refractivity contribution < 1.29 is 4.79 Å². The molecule has 0 heterocycles. The standard InChI is InChI=1S/C20H19N3O/c1-3-23(14-15(2)12-21)20(24)19-11-7-6-10-18(19)17-9-5-4-8-16(17)13-22/h4-11,15H,3,14H2,1-2H3. The minimum atomic E-state index is -0.229. The molecule has 24 heavy (non-hydrogen) atoms. The third-order valence-corrected chi connectivity index (χ3v) is 3.88. The molecule has 120 valence electrons. The lowest BCUT2D eigenvalue weighted by molar-refractivity contribution is 0.0753. The van der Waals surface area contributed by atoms with Crippen molar-refractivity contribution in [3.8, 4) is 23.3 Å². The lowest BCUT2D eigenvalue weighted by atomic mass is 9.95. The van der Waals surface area contributed by atoms with Gasteiger partial charge in [0.2, 0.25) is 0 Å². The highest BCUT2D eigenvalue weighted by Gasteiger charge is 2.20. The minimum Gasteiger partial charge on any atom is -0.338 e. The zero-order chi connectivity index (χ0) is 17.5. The smallest absolute Gasteiger partial charge is 0.254 e. The molecule has 1 atom stereocenters. The minimum absolute atomic E-state index is 0.122. The normalized spacial score (nSPS) is 11.2. The van der Waals surface area contributed by atoms with Crippen LogP contribution >= 0.6 is 0 Å². The molecule has 2 aromatic carbocycles. The fourth-order valence-electron chi connectivity index (χ4n) is 2.62. The number of carbonyl (C=O) groups excluding carboxylic acids is 1. The number of benzene rings is 2. The van der Waals surface area contributed by atoms with E-state index in [4.69, 9.17) is 5.26 Å². The molecular weight excluding hydrogens is 298 g/mol. The lowest BCUT2D eigenvalue weighted by Gasteiger charge is -2.23. The Morgan fingerprint density at radius 2 is 1.71 bits per heavy atom. The number of rotatable bonds is 5. The van der Waals surface area contributed by atoms with Crippen LogP contribution in [0.4, 0.5) is 0 Å². The maximum absolute atomic E-state index is 13.0.